The van der Waals surface area contributed by atoms with Crippen LogP contribution in [-0.4, -0.2) is 68.5 Å². The largest absolute Gasteiger partial charge is 0.417 e. The topological polar surface area (TPSA) is 107 Å². The van der Waals surface area contributed by atoms with Crippen LogP contribution in [-0.2, 0) is 11.0 Å². The lowest BCUT2D eigenvalue weighted by Gasteiger charge is -2.39. The zero-order valence-electron chi connectivity index (χ0n) is 23.0. The molecule has 1 aliphatic heterocycles. The van der Waals surface area contributed by atoms with Crippen LogP contribution in [0.5, 0.6) is 0 Å². The highest BCUT2D eigenvalue weighted by Gasteiger charge is 2.42. The van der Waals surface area contributed by atoms with Gasteiger partial charge in [-0.25, -0.2) is 18.7 Å². The summed E-state index contributed by atoms with van der Waals surface area (Å²) in [6, 6.07) is 0.707. The van der Waals surface area contributed by atoms with Gasteiger partial charge in [-0.3, -0.25) is 9.59 Å². The first-order valence-corrected chi connectivity index (χ1v) is 13.6. The molecule has 8 nitrogen and oxygen atoms in total. The van der Waals surface area contributed by atoms with Crippen molar-refractivity contribution < 1.29 is 36.6 Å². The quantitative estimate of drug-likeness (QED) is 0.300. The average Bonchev–Trinajstić information content (AvgIpc) is 3.33. The highest BCUT2D eigenvalue weighted by molar-refractivity contribution is 7.17. The number of amides is 2. The number of pyridine rings is 1. The number of hydrogen-bond donors (Lipinski definition) is 3. The van der Waals surface area contributed by atoms with E-state index in [1.54, 1.807) is 13.8 Å². The van der Waals surface area contributed by atoms with E-state index in [-0.39, 0.29) is 45.8 Å². The fraction of sp³-hybridized carbons (Fsp3) is 0.615. The molecule has 2 fully saturated rings. The first kappa shape index (κ1) is 31.7. The molecule has 1 unspecified atom stereocenters. The summed E-state index contributed by atoms with van der Waals surface area (Å²) >= 11 is 0.871. The highest BCUT2D eigenvalue weighted by atomic mass is 32.1. The number of carbonyl (C=O) groups is 2. The van der Waals surface area contributed by atoms with Crippen molar-refractivity contribution in [1.82, 2.24) is 20.2 Å². The summed E-state index contributed by atoms with van der Waals surface area (Å²) in [5.74, 6) is -3.03. The fourth-order valence-corrected chi connectivity index (χ4v) is 5.38. The van der Waals surface area contributed by atoms with Gasteiger partial charge < -0.3 is 20.6 Å². The second kappa shape index (κ2) is 11.6. The van der Waals surface area contributed by atoms with E-state index in [0.717, 1.165) is 41.6 Å². The molecule has 1 saturated heterocycles. The van der Waals surface area contributed by atoms with Crippen LogP contribution in [0.4, 0.5) is 27.8 Å². The third-order valence-corrected chi connectivity index (χ3v) is 7.91. The minimum absolute atomic E-state index is 0.00567. The van der Waals surface area contributed by atoms with Gasteiger partial charge in [0.1, 0.15) is 5.82 Å². The van der Waals surface area contributed by atoms with Crippen molar-refractivity contribution in [2.75, 3.05) is 18.4 Å². The van der Waals surface area contributed by atoms with E-state index < -0.39 is 35.7 Å². The van der Waals surface area contributed by atoms with Gasteiger partial charge in [0, 0.05) is 36.3 Å². The number of halogens is 5. The predicted molar refractivity (Wildman–Crippen MR) is 141 cm³/mol. The maximum atomic E-state index is 13.8. The molecule has 40 heavy (non-hydrogen) atoms. The number of nitrogens with one attached hydrogen (secondary N) is 2. The average molecular weight is 592 g/mol. The molecule has 4 rings (SSSR count). The number of anilines is 1. The zero-order valence-corrected chi connectivity index (χ0v) is 23.8. The number of rotatable bonds is 7. The van der Waals surface area contributed by atoms with E-state index in [4.69, 9.17) is 0 Å². The third-order valence-electron chi connectivity index (χ3n) is 6.72. The molecule has 2 aliphatic rings. The maximum Gasteiger partial charge on any atom is 0.417 e. The Morgan fingerprint density at radius 3 is 2.40 bits per heavy atom. The minimum atomic E-state index is -4.59. The van der Waals surface area contributed by atoms with Gasteiger partial charge in [0.15, 0.2) is 5.01 Å². The molecule has 0 spiro atoms. The Bertz CT molecular complexity index is 1220. The normalized spacial score (nSPS) is 19.8. The molecule has 14 heteroatoms. The van der Waals surface area contributed by atoms with Crippen molar-refractivity contribution in [3.05, 3.63) is 28.5 Å². The molecule has 1 atom stereocenters. The zero-order chi connectivity index (χ0) is 30.1. The molecule has 3 N–H and O–H groups in total. The number of aromatic nitrogens is 2. The molecule has 3 heterocycles. The molecule has 2 amide bonds. The van der Waals surface area contributed by atoms with Crippen molar-refractivity contribution in [3.63, 3.8) is 0 Å². The molecule has 1 aliphatic carbocycles. The Hall–Kier alpha value is -2.87. The Morgan fingerprint density at radius 2 is 1.95 bits per heavy atom. The molecule has 0 radical (unpaired) electrons. The summed E-state index contributed by atoms with van der Waals surface area (Å²) in [5.41, 5.74) is -1.96. The van der Waals surface area contributed by atoms with Crippen LogP contribution in [0.25, 0.3) is 10.4 Å². The van der Waals surface area contributed by atoms with Gasteiger partial charge in [-0.1, -0.05) is 0 Å². The van der Waals surface area contributed by atoms with Gasteiger partial charge in [0.05, 0.1) is 28.3 Å². The number of carbonyl (C=O) groups excluding carboxylic acids is 2. The molecule has 222 valence electrons. The molecule has 2 aromatic rings. The second-order valence-electron chi connectivity index (χ2n) is 11.3. The Morgan fingerprint density at radius 1 is 1.30 bits per heavy atom. The number of thiazole rings is 1. The van der Waals surface area contributed by atoms with Gasteiger partial charge in [-0.2, -0.15) is 13.2 Å². The monoisotopic (exact) mass is 591 g/mol. The standard InChI is InChI=1S/C20H25F3N4O2S.C6H9F2NO/c1-11-15(30-17(26-11)16(28)25-10-18(2,3)29)12-9-24-14(8-13(12)20(21,22)23)27-19(4)6-5-7-19;1-5-2-6(7,8)3-9(5)4-10/h8-9,29H,5-7,10H2,1-4H3,(H,24,27)(H,25,28);4-5H,2-3H2,1H3. The number of nitrogens with zero attached hydrogens (tertiary/aromatic N) is 3. The molecular formula is C26H34F5N5O3S. The van der Waals surface area contributed by atoms with Crippen molar-refractivity contribution >= 4 is 29.5 Å². The summed E-state index contributed by atoms with van der Waals surface area (Å²) in [4.78, 5) is 32.1. The molecule has 1 saturated carbocycles. The van der Waals surface area contributed by atoms with E-state index in [9.17, 15) is 36.6 Å². The first-order chi connectivity index (χ1) is 18.3. The summed E-state index contributed by atoms with van der Waals surface area (Å²) in [7, 11) is 0. The molecule has 2 aromatic heterocycles. The van der Waals surface area contributed by atoms with Crippen molar-refractivity contribution in [2.45, 2.75) is 89.6 Å². The van der Waals surface area contributed by atoms with Crippen molar-refractivity contribution in [3.8, 4) is 10.4 Å². The Balaban J connectivity index is 0.000000371. The third kappa shape index (κ3) is 8.09. The summed E-state index contributed by atoms with van der Waals surface area (Å²) in [6.45, 7) is 7.78. The molecular weight excluding hydrogens is 557 g/mol. The van der Waals surface area contributed by atoms with Crippen LogP contribution in [0.15, 0.2) is 12.3 Å². The number of aryl methyl sites for hydroxylation is 1. The van der Waals surface area contributed by atoms with Crippen LogP contribution in [0.2, 0.25) is 0 Å². The maximum absolute atomic E-state index is 13.8. The number of hydrogen-bond acceptors (Lipinski definition) is 7. The van der Waals surface area contributed by atoms with Gasteiger partial charge in [0.2, 0.25) is 6.41 Å². The van der Waals surface area contributed by atoms with Crippen LogP contribution in [0.3, 0.4) is 0 Å². The van der Waals surface area contributed by atoms with E-state index in [0.29, 0.717) is 12.1 Å². The SMILES string of the molecule is CC1CC(F)(F)CN1C=O.Cc1nc(C(=O)NCC(C)(C)O)sc1-c1cnc(NC2(C)CCC2)cc1C(F)(F)F. The van der Waals surface area contributed by atoms with Crippen LogP contribution in [0.1, 0.15) is 74.4 Å². The van der Waals surface area contributed by atoms with Gasteiger partial charge in [0.25, 0.3) is 11.8 Å². The Kier molecular flexibility index (Phi) is 9.14. The van der Waals surface area contributed by atoms with Gasteiger partial charge in [-0.15, -0.1) is 11.3 Å². The van der Waals surface area contributed by atoms with E-state index in [2.05, 4.69) is 20.6 Å². The lowest BCUT2D eigenvalue weighted by Crippen LogP contribution is -2.41. The second-order valence-corrected chi connectivity index (χ2v) is 12.3. The number of likely N-dealkylation sites (tertiary alicyclic amines) is 1. The lowest BCUT2D eigenvalue weighted by molar-refractivity contribution is -0.137. The smallest absolute Gasteiger partial charge is 0.389 e. The minimum Gasteiger partial charge on any atom is -0.389 e. The lowest BCUT2D eigenvalue weighted by atomic mass is 9.78. The predicted octanol–water partition coefficient (Wildman–Crippen LogP) is 5.26. The van der Waals surface area contributed by atoms with Crippen LogP contribution in [0, 0.1) is 6.92 Å². The van der Waals surface area contributed by atoms with Crippen molar-refractivity contribution in [2.24, 2.45) is 0 Å². The molecule has 0 bridgehead atoms. The van der Waals surface area contributed by atoms with Gasteiger partial charge in [-0.05, 0) is 59.9 Å². The first-order valence-electron chi connectivity index (χ1n) is 12.8. The summed E-state index contributed by atoms with van der Waals surface area (Å²) in [5, 5.41) is 15.4. The summed E-state index contributed by atoms with van der Waals surface area (Å²) in [6.07, 6.45) is -0.325. The van der Waals surface area contributed by atoms with Gasteiger partial charge >= 0.3 is 6.18 Å². The highest BCUT2D eigenvalue weighted by Crippen LogP contribution is 2.42. The van der Waals surface area contributed by atoms with Crippen molar-refractivity contribution in [1.29, 1.82) is 0 Å². The van der Waals surface area contributed by atoms with Crippen LogP contribution < -0.4 is 10.6 Å². The number of aliphatic hydroxyl groups is 1. The Labute approximate surface area is 233 Å². The van der Waals surface area contributed by atoms with E-state index in [1.165, 1.54) is 20.0 Å². The molecule has 0 aromatic carbocycles. The van der Waals surface area contributed by atoms with E-state index in [1.807, 2.05) is 6.92 Å². The summed E-state index contributed by atoms with van der Waals surface area (Å²) < 4.78 is 66.3. The van der Waals surface area contributed by atoms with Crippen LogP contribution >= 0.6 is 11.3 Å². The number of alkyl halides is 5. The van der Waals surface area contributed by atoms with E-state index >= 15 is 0 Å². The fourth-order valence-electron chi connectivity index (χ4n) is 4.37.